The molecule has 0 spiro atoms. The molecule has 0 saturated carbocycles. The van der Waals surface area contributed by atoms with Gasteiger partial charge in [-0.15, -0.1) is 0 Å². The lowest BCUT2D eigenvalue weighted by Crippen LogP contribution is -2.32. The number of nitrogens with one attached hydrogen (secondary N) is 1. The number of anilines is 1. The number of carbonyl (C=O) groups excluding carboxylic acids is 1. The fourth-order valence-corrected chi connectivity index (χ4v) is 2.52. The molecule has 1 aromatic carbocycles. The summed E-state index contributed by atoms with van der Waals surface area (Å²) in [5.41, 5.74) is 3.19. The largest absolute Gasteiger partial charge is 0.378 e. The fraction of sp³-hybridized carbons (Fsp3) is 0.368. The Labute approximate surface area is 138 Å². The number of hydrogen-bond acceptors (Lipinski definition) is 3. The molecule has 0 bridgehead atoms. The van der Waals surface area contributed by atoms with Crippen molar-refractivity contribution in [1.82, 2.24) is 10.3 Å². The molecular weight excluding hydrogens is 286 g/mol. The molecule has 1 aromatic heterocycles. The van der Waals surface area contributed by atoms with E-state index in [2.05, 4.69) is 24.1 Å². The van der Waals surface area contributed by atoms with Gasteiger partial charge >= 0.3 is 0 Å². The molecule has 1 amide bonds. The van der Waals surface area contributed by atoms with Crippen molar-refractivity contribution in [1.29, 1.82) is 0 Å². The van der Waals surface area contributed by atoms with Crippen LogP contribution in [0.2, 0.25) is 0 Å². The molecule has 122 valence electrons. The Morgan fingerprint density at radius 2 is 1.87 bits per heavy atom. The van der Waals surface area contributed by atoms with Crippen molar-refractivity contribution in [3.05, 3.63) is 59.9 Å². The minimum absolute atomic E-state index is 0.0164. The molecule has 0 unspecified atom stereocenters. The van der Waals surface area contributed by atoms with Gasteiger partial charge in [-0.2, -0.15) is 0 Å². The van der Waals surface area contributed by atoms with Gasteiger partial charge in [0.15, 0.2) is 0 Å². The van der Waals surface area contributed by atoms with Gasteiger partial charge in [0.05, 0.1) is 12.5 Å². The predicted molar refractivity (Wildman–Crippen MR) is 94.4 cm³/mol. The molecule has 0 aliphatic carbocycles. The van der Waals surface area contributed by atoms with Crippen LogP contribution in [0.1, 0.15) is 31.0 Å². The minimum atomic E-state index is -0.0164. The van der Waals surface area contributed by atoms with E-state index >= 15 is 0 Å². The van der Waals surface area contributed by atoms with Crippen molar-refractivity contribution in [2.75, 3.05) is 19.0 Å². The van der Waals surface area contributed by atoms with Crippen molar-refractivity contribution < 1.29 is 4.79 Å². The third-order valence-corrected chi connectivity index (χ3v) is 3.84. The Bertz CT molecular complexity index is 621. The molecule has 23 heavy (non-hydrogen) atoms. The average Bonchev–Trinajstić information content (AvgIpc) is 2.53. The Morgan fingerprint density at radius 3 is 2.39 bits per heavy atom. The number of rotatable bonds is 6. The highest BCUT2D eigenvalue weighted by Crippen LogP contribution is 2.21. The number of hydrogen-bond donors (Lipinski definition) is 1. The summed E-state index contributed by atoms with van der Waals surface area (Å²) < 4.78 is 0. The number of benzene rings is 1. The third kappa shape index (κ3) is 4.81. The molecule has 1 N–H and O–H groups in total. The summed E-state index contributed by atoms with van der Waals surface area (Å²) >= 11 is 0. The minimum Gasteiger partial charge on any atom is -0.378 e. The van der Waals surface area contributed by atoms with Crippen LogP contribution in [0.4, 0.5) is 5.69 Å². The molecule has 1 atom stereocenters. The van der Waals surface area contributed by atoms with E-state index in [0.29, 0.717) is 12.3 Å². The summed E-state index contributed by atoms with van der Waals surface area (Å²) in [4.78, 5) is 18.6. The molecule has 2 aromatic rings. The van der Waals surface area contributed by atoms with Crippen LogP contribution in [-0.2, 0) is 11.2 Å². The zero-order valence-corrected chi connectivity index (χ0v) is 14.3. The van der Waals surface area contributed by atoms with Crippen molar-refractivity contribution in [2.24, 2.45) is 5.92 Å². The van der Waals surface area contributed by atoms with Crippen LogP contribution in [0.15, 0.2) is 48.8 Å². The zero-order valence-electron chi connectivity index (χ0n) is 14.3. The predicted octanol–water partition coefficient (Wildman–Crippen LogP) is 3.20. The summed E-state index contributed by atoms with van der Waals surface area (Å²) in [5, 5.41) is 3.13. The summed E-state index contributed by atoms with van der Waals surface area (Å²) in [6.07, 6.45) is 3.95. The van der Waals surface area contributed by atoms with Gasteiger partial charge in [0.1, 0.15) is 0 Å². The molecule has 0 aliphatic heterocycles. The van der Waals surface area contributed by atoms with Crippen LogP contribution in [-0.4, -0.2) is 25.0 Å². The van der Waals surface area contributed by atoms with Crippen molar-refractivity contribution >= 4 is 11.6 Å². The second kappa shape index (κ2) is 7.77. The number of amides is 1. The van der Waals surface area contributed by atoms with Gasteiger partial charge in [-0.05, 0) is 35.2 Å². The molecular formula is C19H25N3O. The topological polar surface area (TPSA) is 45.2 Å². The summed E-state index contributed by atoms with van der Waals surface area (Å²) in [7, 11) is 4.01. The Morgan fingerprint density at radius 1 is 1.17 bits per heavy atom. The maximum atomic E-state index is 12.4. The van der Waals surface area contributed by atoms with E-state index in [1.807, 2.05) is 61.6 Å². The molecule has 2 rings (SSSR count). The Kier molecular flexibility index (Phi) is 5.74. The lowest BCUT2D eigenvalue weighted by Gasteiger charge is -2.22. The summed E-state index contributed by atoms with van der Waals surface area (Å²) in [6, 6.07) is 12.0. The van der Waals surface area contributed by atoms with E-state index in [9.17, 15) is 4.79 Å². The summed E-state index contributed by atoms with van der Waals surface area (Å²) in [6.45, 7) is 4.20. The average molecular weight is 311 g/mol. The van der Waals surface area contributed by atoms with Crippen molar-refractivity contribution in [3.8, 4) is 0 Å². The van der Waals surface area contributed by atoms with E-state index in [4.69, 9.17) is 0 Å². The van der Waals surface area contributed by atoms with E-state index in [1.165, 1.54) is 0 Å². The van der Waals surface area contributed by atoms with E-state index in [0.717, 1.165) is 16.8 Å². The van der Waals surface area contributed by atoms with Crippen LogP contribution in [0.5, 0.6) is 0 Å². The first kappa shape index (κ1) is 17.0. The van der Waals surface area contributed by atoms with Gasteiger partial charge in [-0.3, -0.25) is 9.78 Å². The fourth-order valence-electron chi connectivity index (χ4n) is 2.52. The molecule has 1 heterocycles. The van der Waals surface area contributed by atoms with Crippen molar-refractivity contribution in [2.45, 2.75) is 26.3 Å². The van der Waals surface area contributed by atoms with E-state index in [1.54, 1.807) is 6.20 Å². The SMILES string of the molecule is CC(C)[C@@H](NC(=O)Cc1ccc(N(C)C)cc1)c1cccnc1. The summed E-state index contributed by atoms with van der Waals surface area (Å²) in [5.74, 6) is 0.337. The van der Waals surface area contributed by atoms with Gasteiger partial charge in [0, 0.05) is 32.2 Å². The van der Waals surface area contributed by atoms with Crippen LogP contribution in [0.3, 0.4) is 0 Å². The van der Waals surface area contributed by atoms with Crippen LogP contribution < -0.4 is 10.2 Å². The third-order valence-electron chi connectivity index (χ3n) is 3.84. The van der Waals surface area contributed by atoms with E-state index in [-0.39, 0.29) is 11.9 Å². The lowest BCUT2D eigenvalue weighted by atomic mass is 9.97. The monoisotopic (exact) mass is 311 g/mol. The van der Waals surface area contributed by atoms with Gasteiger partial charge in [-0.1, -0.05) is 32.0 Å². The quantitative estimate of drug-likeness (QED) is 0.891. The second-order valence-corrected chi connectivity index (χ2v) is 6.31. The van der Waals surface area contributed by atoms with Gasteiger partial charge < -0.3 is 10.2 Å². The second-order valence-electron chi connectivity index (χ2n) is 6.31. The zero-order chi connectivity index (χ0) is 16.8. The van der Waals surface area contributed by atoms with Gasteiger partial charge in [0.2, 0.25) is 5.91 Å². The molecule has 4 heteroatoms. The van der Waals surface area contributed by atoms with Gasteiger partial charge in [-0.25, -0.2) is 0 Å². The maximum absolute atomic E-state index is 12.4. The number of nitrogens with zero attached hydrogens (tertiary/aromatic N) is 2. The highest BCUT2D eigenvalue weighted by atomic mass is 16.1. The number of carbonyl (C=O) groups is 1. The highest BCUT2D eigenvalue weighted by molar-refractivity contribution is 5.79. The van der Waals surface area contributed by atoms with Gasteiger partial charge in [0.25, 0.3) is 0 Å². The smallest absolute Gasteiger partial charge is 0.224 e. The van der Waals surface area contributed by atoms with Crippen LogP contribution in [0.25, 0.3) is 0 Å². The first-order valence-corrected chi connectivity index (χ1v) is 7.93. The highest BCUT2D eigenvalue weighted by Gasteiger charge is 2.18. The molecule has 0 saturated heterocycles. The molecule has 0 aliphatic rings. The molecule has 0 fully saturated rings. The molecule has 0 radical (unpaired) electrons. The maximum Gasteiger partial charge on any atom is 0.224 e. The van der Waals surface area contributed by atoms with Crippen molar-refractivity contribution in [3.63, 3.8) is 0 Å². The lowest BCUT2D eigenvalue weighted by molar-refractivity contribution is -0.121. The Hall–Kier alpha value is -2.36. The Balaban J connectivity index is 2.02. The first-order valence-electron chi connectivity index (χ1n) is 7.93. The number of aromatic nitrogens is 1. The normalized spacial score (nSPS) is 12.0. The molecule has 4 nitrogen and oxygen atoms in total. The van der Waals surface area contributed by atoms with Crippen LogP contribution >= 0.6 is 0 Å². The first-order chi connectivity index (χ1) is 11.0. The van der Waals surface area contributed by atoms with Crippen LogP contribution in [0, 0.1) is 5.92 Å². The standard InChI is InChI=1S/C19H25N3O/c1-14(2)19(16-6-5-11-20-13-16)21-18(23)12-15-7-9-17(10-8-15)22(3)4/h5-11,13-14,19H,12H2,1-4H3,(H,21,23)/t19-/m1/s1. The number of pyridine rings is 1. The van der Waals surface area contributed by atoms with E-state index < -0.39 is 0 Å².